The highest BCUT2D eigenvalue weighted by atomic mass is 32.2. The van der Waals surface area contributed by atoms with Crippen molar-refractivity contribution in [1.29, 1.82) is 0 Å². The number of thiol groups is 1. The lowest BCUT2D eigenvalue weighted by atomic mass is 9.81. The zero-order chi connectivity index (χ0) is 12.9. The predicted molar refractivity (Wildman–Crippen MR) is 76.1 cm³/mol. The van der Waals surface area contributed by atoms with Crippen LogP contribution in [0.3, 0.4) is 0 Å². The Balaban J connectivity index is 2.78. The van der Waals surface area contributed by atoms with E-state index in [0.717, 1.165) is 37.9 Å². The molecule has 1 fully saturated rings. The molecule has 1 heterocycles. The fourth-order valence-electron chi connectivity index (χ4n) is 2.79. The summed E-state index contributed by atoms with van der Waals surface area (Å²) in [7, 11) is -2.97. The minimum atomic E-state index is -2.97. The smallest absolute Gasteiger partial charge is 0.212 e. The molecular formula is C12H25NO2S2. The Kier molecular flexibility index (Phi) is 5.80. The summed E-state index contributed by atoms with van der Waals surface area (Å²) in [6, 6.07) is 0. The van der Waals surface area contributed by atoms with Crippen LogP contribution >= 0.6 is 12.6 Å². The molecule has 102 valence electrons. The van der Waals surface area contributed by atoms with Crippen molar-refractivity contribution in [3.63, 3.8) is 0 Å². The molecule has 1 aliphatic heterocycles. The fraction of sp³-hybridized carbons (Fsp3) is 1.00. The van der Waals surface area contributed by atoms with Gasteiger partial charge in [0.1, 0.15) is 0 Å². The summed E-state index contributed by atoms with van der Waals surface area (Å²) >= 11 is 4.48. The molecule has 0 radical (unpaired) electrons. The fourth-order valence-corrected chi connectivity index (χ4v) is 4.84. The second-order valence-electron chi connectivity index (χ2n) is 5.16. The van der Waals surface area contributed by atoms with Crippen molar-refractivity contribution in [1.82, 2.24) is 4.31 Å². The summed E-state index contributed by atoms with van der Waals surface area (Å²) < 4.78 is 25.4. The molecule has 0 aromatic rings. The molecule has 0 aliphatic carbocycles. The largest absolute Gasteiger partial charge is 0.214 e. The van der Waals surface area contributed by atoms with E-state index in [1.807, 2.05) is 0 Å². The van der Waals surface area contributed by atoms with E-state index in [2.05, 4.69) is 26.5 Å². The van der Waals surface area contributed by atoms with Gasteiger partial charge in [-0.3, -0.25) is 0 Å². The maximum absolute atomic E-state index is 11.9. The second kappa shape index (κ2) is 6.43. The van der Waals surface area contributed by atoms with E-state index in [0.29, 0.717) is 18.8 Å². The summed E-state index contributed by atoms with van der Waals surface area (Å²) in [5.41, 5.74) is 0.0734. The summed E-state index contributed by atoms with van der Waals surface area (Å²) in [4.78, 5) is 0. The minimum absolute atomic E-state index is 0.0734. The van der Waals surface area contributed by atoms with Crippen LogP contribution in [-0.4, -0.2) is 37.3 Å². The molecule has 0 N–H and O–H groups in total. The molecule has 1 aliphatic rings. The monoisotopic (exact) mass is 279 g/mol. The number of hydrogen-bond donors (Lipinski definition) is 1. The predicted octanol–water partition coefficient (Wildman–Crippen LogP) is 2.54. The van der Waals surface area contributed by atoms with E-state index in [-0.39, 0.29) is 5.41 Å². The summed E-state index contributed by atoms with van der Waals surface area (Å²) in [6.07, 6.45) is 5.10. The van der Waals surface area contributed by atoms with Gasteiger partial charge in [0.25, 0.3) is 0 Å². The molecule has 0 amide bonds. The maximum Gasteiger partial charge on any atom is 0.214 e. The quantitative estimate of drug-likeness (QED) is 0.727. The first-order valence-electron chi connectivity index (χ1n) is 6.58. The average molecular weight is 279 g/mol. The molecule has 0 aromatic heterocycles. The molecular weight excluding hydrogens is 254 g/mol. The van der Waals surface area contributed by atoms with E-state index in [9.17, 15) is 8.42 Å². The van der Waals surface area contributed by atoms with Crippen LogP contribution in [0.15, 0.2) is 0 Å². The van der Waals surface area contributed by atoms with Crippen LogP contribution in [0.5, 0.6) is 0 Å². The maximum atomic E-state index is 11.9. The van der Waals surface area contributed by atoms with Crippen LogP contribution in [0.25, 0.3) is 0 Å². The Morgan fingerprint density at radius 1 is 1.24 bits per heavy atom. The summed E-state index contributed by atoms with van der Waals surface area (Å²) in [5.74, 6) is 1.11. The summed E-state index contributed by atoms with van der Waals surface area (Å²) in [6.45, 7) is 5.68. The first kappa shape index (κ1) is 15.3. The van der Waals surface area contributed by atoms with Gasteiger partial charge < -0.3 is 0 Å². The molecule has 1 rings (SSSR count). The molecule has 17 heavy (non-hydrogen) atoms. The first-order valence-corrected chi connectivity index (χ1v) is 8.82. The van der Waals surface area contributed by atoms with Crippen molar-refractivity contribution < 1.29 is 8.42 Å². The third-order valence-electron chi connectivity index (χ3n) is 3.61. The van der Waals surface area contributed by atoms with Gasteiger partial charge in [-0.2, -0.15) is 12.6 Å². The van der Waals surface area contributed by atoms with Gasteiger partial charge >= 0.3 is 0 Å². The lowest BCUT2D eigenvalue weighted by Crippen LogP contribution is -2.40. The zero-order valence-electron chi connectivity index (χ0n) is 11.0. The topological polar surface area (TPSA) is 37.4 Å². The van der Waals surface area contributed by atoms with E-state index < -0.39 is 10.0 Å². The van der Waals surface area contributed by atoms with Crippen molar-refractivity contribution in [3.8, 4) is 0 Å². The molecule has 1 saturated heterocycles. The van der Waals surface area contributed by atoms with Crippen LogP contribution in [0.2, 0.25) is 0 Å². The SMILES string of the molecule is CCCC(CS)(CCC)CN1CCCS1(=O)=O. The molecule has 3 nitrogen and oxygen atoms in total. The number of hydrogen-bond acceptors (Lipinski definition) is 3. The van der Waals surface area contributed by atoms with Gasteiger partial charge in [0.05, 0.1) is 5.75 Å². The molecule has 0 bridgehead atoms. The highest BCUT2D eigenvalue weighted by Crippen LogP contribution is 2.34. The van der Waals surface area contributed by atoms with E-state index in [1.54, 1.807) is 4.31 Å². The van der Waals surface area contributed by atoms with Crippen molar-refractivity contribution in [2.75, 3.05) is 24.6 Å². The zero-order valence-corrected chi connectivity index (χ0v) is 12.7. The van der Waals surface area contributed by atoms with Gasteiger partial charge in [-0.15, -0.1) is 0 Å². The lowest BCUT2D eigenvalue weighted by molar-refractivity contribution is 0.213. The van der Waals surface area contributed by atoms with Gasteiger partial charge in [-0.1, -0.05) is 26.7 Å². The Hall–Kier alpha value is 0.260. The van der Waals surface area contributed by atoms with Gasteiger partial charge in [0, 0.05) is 13.1 Å². The highest BCUT2D eigenvalue weighted by Gasteiger charge is 2.36. The van der Waals surface area contributed by atoms with Crippen molar-refractivity contribution >= 4 is 22.7 Å². The van der Waals surface area contributed by atoms with Crippen LogP contribution in [0.1, 0.15) is 46.0 Å². The van der Waals surface area contributed by atoms with Gasteiger partial charge in [-0.05, 0) is 30.4 Å². The number of rotatable bonds is 7. The third kappa shape index (κ3) is 3.86. The van der Waals surface area contributed by atoms with E-state index in [4.69, 9.17) is 0 Å². The first-order chi connectivity index (χ1) is 7.99. The standard InChI is InChI=1S/C12H25NO2S2/c1-3-6-12(11-16,7-4-2)10-13-8-5-9-17(13,14)15/h16H,3-11H2,1-2H3. The second-order valence-corrected chi connectivity index (χ2v) is 7.57. The highest BCUT2D eigenvalue weighted by molar-refractivity contribution is 7.89. The van der Waals surface area contributed by atoms with Crippen LogP contribution < -0.4 is 0 Å². The van der Waals surface area contributed by atoms with E-state index in [1.165, 1.54) is 0 Å². The minimum Gasteiger partial charge on any atom is -0.212 e. The van der Waals surface area contributed by atoms with Gasteiger partial charge in [0.15, 0.2) is 0 Å². The number of sulfonamides is 1. The van der Waals surface area contributed by atoms with Gasteiger partial charge in [-0.25, -0.2) is 12.7 Å². The Labute approximate surface area is 111 Å². The molecule has 0 saturated carbocycles. The van der Waals surface area contributed by atoms with Crippen LogP contribution in [0.4, 0.5) is 0 Å². The molecule has 0 aromatic carbocycles. The van der Waals surface area contributed by atoms with Gasteiger partial charge in [0.2, 0.25) is 10.0 Å². The third-order valence-corrected chi connectivity index (χ3v) is 6.18. The Morgan fingerprint density at radius 3 is 2.18 bits per heavy atom. The van der Waals surface area contributed by atoms with E-state index >= 15 is 0 Å². The number of nitrogens with zero attached hydrogens (tertiary/aromatic N) is 1. The lowest BCUT2D eigenvalue weighted by Gasteiger charge is -2.35. The van der Waals surface area contributed by atoms with Crippen LogP contribution in [-0.2, 0) is 10.0 Å². The molecule has 0 atom stereocenters. The molecule has 0 unspecified atom stereocenters. The Bertz CT molecular complexity index is 321. The Morgan fingerprint density at radius 2 is 1.82 bits per heavy atom. The van der Waals surface area contributed by atoms with Crippen molar-refractivity contribution in [2.45, 2.75) is 46.0 Å². The average Bonchev–Trinajstić information content (AvgIpc) is 2.59. The summed E-state index contributed by atoms with van der Waals surface area (Å²) in [5, 5.41) is 0. The van der Waals surface area contributed by atoms with Crippen molar-refractivity contribution in [2.24, 2.45) is 5.41 Å². The normalized spacial score (nSPS) is 20.9. The molecule has 0 spiro atoms. The van der Waals surface area contributed by atoms with Crippen LogP contribution in [0, 0.1) is 5.41 Å². The van der Waals surface area contributed by atoms with Crippen molar-refractivity contribution in [3.05, 3.63) is 0 Å². The molecule has 5 heteroatoms.